The lowest BCUT2D eigenvalue weighted by molar-refractivity contribution is -0.137. The quantitative estimate of drug-likeness (QED) is 0.549. The zero-order valence-corrected chi connectivity index (χ0v) is 13.8. The van der Waals surface area contributed by atoms with E-state index in [0.717, 1.165) is 22.1 Å². The minimum absolute atomic E-state index is 0.220. The average Bonchev–Trinajstić information content (AvgIpc) is 2.93. The topological polar surface area (TPSA) is 56.5 Å². The molecule has 0 saturated heterocycles. The molecular formula is C16H17N3O2S. The van der Waals surface area contributed by atoms with Gasteiger partial charge in [-0.25, -0.2) is 0 Å². The van der Waals surface area contributed by atoms with E-state index < -0.39 is 0 Å². The molecule has 0 radical (unpaired) electrons. The molecule has 2 heterocycles. The Labute approximate surface area is 132 Å². The van der Waals surface area contributed by atoms with Gasteiger partial charge in [-0.1, -0.05) is 23.9 Å². The fourth-order valence-electron chi connectivity index (χ4n) is 2.54. The molecule has 6 heteroatoms. The molecule has 0 unspecified atom stereocenters. The number of nitrogens with zero attached hydrogens (tertiary/aromatic N) is 3. The van der Waals surface area contributed by atoms with Crippen LogP contribution in [0, 0.1) is 20.8 Å². The predicted molar refractivity (Wildman–Crippen MR) is 87.4 cm³/mol. The summed E-state index contributed by atoms with van der Waals surface area (Å²) in [5, 5.41) is 10.4. The van der Waals surface area contributed by atoms with Crippen molar-refractivity contribution in [1.29, 1.82) is 0 Å². The van der Waals surface area contributed by atoms with Crippen molar-refractivity contribution < 1.29 is 9.53 Å². The SMILES string of the molecule is COC(=O)CSc1nnc2c(C)cc3ccc(C)c(C)c3n12. The summed E-state index contributed by atoms with van der Waals surface area (Å²) in [6.07, 6.45) is 0. The number of hydrogen-bond donors (Lipinski definition) is 0. The molecule has 2 aromatic heterocycles. The maximum absolute atomic E-state index is 11.4. The molecule has 0 N–H and O–H groups in total. The number of rotatable bonds is 3. The number of methoxy groups -OCH3 is 1. The van der Waals surface area contributed by atoms with Crippen molar-refractivity contribution in [3.63, 3.8) is 0 Å². The smallest absolute Gasteiger partial charge is 0.316 e. The van der Waals surface area contributed by atoms with Gasteiger partial charge in [0.1, 0.15) is 0 Å². The van der Waals surface area contributed by atoms with E-state index in [2.05, 4.69) is 42.2 Å². The van der Waals surface area contributed by atoms with Crippen LogP contribution < -0.4 is 0 Å². The van der Waals surface area contributed by atoms with Crippen molar-refractivity contribution in [2.45, 2.75) is 25.9 Å². The number of benzene rings is 1. The van der Waals surface area contributed by atoms with E-state index in [9.17, 15) is 4.79 Å². The van der Waals surface area contributed by atoms with Crippen LogP contribution in [0.15, 0.2) is 23.4 Å². The van der Waals surface area contributed by atoms with Crippen LogP contribution in [0.2, 0.25) is 0 Å². The molecule has 3 rings (SSSR count). The summed E-state index contributed by atoms with van der Waals surface area (Å²) in [6, 6.07) is 6.36. The number of carbonyl (C=O) groups is 1. The Morgan fingerprint density at radius 3 is 2.73 bits per heavy atom. The number of pyridine rings is 1. The minimum Gasteiger partial charge on any atom is -0.468 e. The maximum atomic E-state index is 11.4. The number of aryl methyl sites for hydroxylation is 3. The Hall–Kier alpha value is -2.08. The van der Waals surface area contributed by atoms with Crippen LogP contribution in [0.1, 0.15) is 16.7 Å². The number of carbonyl (C=O) groups excluding carboxylic acids is 1. The molecule has 114 valence electrons. The number of fused-ring (bicyclic) bond motifs is 3. The molecule has 0 bridgehead atoms. The molecule has 0 fully saturated rings. The summed E-state index contributed by atoms with van der Waals surface area (Å²) in [5.41, 5.74) is 5.40. The lowest BCUT2D eigenvalue weighted by Gasteiger charge is -2.11. The molecule has 5 nitrogen and oxygen atoms in total. The van der Waals surface area contributed by atoms with E-state index in [-0.39, 0.29) is 11.7 Å². The van der Waals surface area contributed by atoms with Crippen molar-refractivity contribution >= 4 is 34.3 Å². The van der Waals surface area contributed by atoms with E-state index in [1.165, 1.54) is 30.0 Å². The number of esters is 1. The third-order valence-electron chi connectivity index (χ3n) is 3.86. The van der Waals surface area contributed by atoms with Gasteiger partial charge in [-0.3, -0.25) is 9.20 Å². The van der Waals surface area contributed by atoms with Gasteiger partial charge in [-0.15, -0.1) is 10.2 Å². The van der Waals surface area contributed by atoms with Gasteiger partial charge in [-0.2, -0.15) is 0 Å². The van der Waals surface area contributed by atoms with Gasteiger partial charge in [0.05, 0.1) is 18.4 Å². The van der Waals surface area contributed by atoms with Gasteiger partial charge in [0.2, 0.25) is 0 Å². The molecular weight excluding hydrogens is 298 g/mol. The molecule has 22 heavy (non-hydrogen) atoms. The summed E-state index contributed by atoms with van der Waals surface area (Å²) in [7, 11) is 1.39. The van der Waals surface area contributed by atoms with Crippen LogP contribution in [0.5, 0.6) is 0 Å². The Morgan fingerprint density at radius 1 is 1.23 bits per heavy atom. The molecule has 0 aliphatic carbocycles. The largest absolute Gasteiger partial charge is 0.468 e. The third-order valence-corrected chi connectivity index (χ3v) is 4.76. The molecule has 0 aliphatic rings. The lowest BCUT2D eigenvalue weighted by Crippen LogP contribution is -2.04. The first kappa shape index (κ1) is 14.8. The van der Waals surface area contributed by atoms with Gasteiger partial charge in [-0.05, 0) is 48.9 Å². The van der Waals surface area contributed by atoms with E-state index >= 15 is 0 Å². The second-order valence-electron chi connectivity index (χ2n) is 5.28. The van der Waals surface area contributed by atoms with Crippen molar-refractivity contribution in [3.05, 3.63) is 34.9 Å². The van der Waals surface area contributed by atoms with Gasteiger partial charge in [0.15, 0.2) is 10.8 Å². The highest BCUT2D eigenvalue weighted by Crippen LogP contribution is 2.28. The zero-order chi connectivity index (χ0) is 15.9. The Balaban J connectivity index is 2.26. The first-order chi connectivity index (χ1) is 10.5. The Morgan fingerprint density at radius 2 is 2.00 bits per heavy atom. The highest BCUT2D eigenvalue weighted by molar-refractivity contribution is 7.99. The molecule has 0 spiro atoms. The van der Waals surface area contributed by atoms with Crippen molar-refractivity contribution in [2.24, 2.45) is 0 Å². The molecule has 0 atom stereocenters. The van der Waals surface area contributed by atoms with Crippen molar-refractivity contribution in [1.82, 2.24) is 14.6 Å². The summed E-state index contributed by atoms with van der Waals surface area (Å²) in [4.78, 5) is 11.4. The van der Waals surface area contributed by atoms with E-state index in [0.29, 0.717) is 5.16 Å². The van der Waals surface area contributed by atoms with Crippen LogP contribution in [-0.4, -0.2) is 33.4 Å². The highest BCUT2D eigenvalue weighted by Gasteiger charge is 2.15. The predicted octanol–water partition coefficient (Wildman–Crippen LogP) is 3.07. The maximum Gasteiger partial charge on any atom is 0.316 e. The van der Waals surface area contributed by atoms with Gasteiger partial charge < -0.3 is 4.74 Å². The summed E-state index contributed by atoms with van der Waals surface area (Å²) in [6.45, 7) is 6.21. The Kier molecular flexibility index (Phi) is 3.78. The highest BCUT2D eigenvalue weighted by atomic mass is 32.2. The van der Waals surface area contributed by atoms with Gasteiger partial charge in [0, 0.05) is 0 Å². The zero-order valence-electron chi connectivity index (χ0n) is 13.0. The Bertz CT molecular complexity index is 886. The minimum atomic E-state index is -0.272. The van der Waals surface area contributed by atoms with Gasteiger partial charge >= 0.3 is 5.97 Å². The monoisotopic (exact) mass is 315 g/mol. The summed E-state index contributed by atoms with van der Waals surface area (Å²) in [5.74, 6) is -0.0518. The van der Waals surface area contributed by atoms with Crippen molar-refractivity contribution in [2.75, 3.05) is 12.9 Å². The number of aromatic nitrogens is 3. The normalized spacial score (nSPS) is 11.3. The standard InChI is InChI=1S/C16H17N3O2S/c1-9-5-6-12-7-10(2)15-17-18-16(22-8-13(20)21-4)19(15)14(12)11(9)3/h5-7H,8H2,1-4H3. The van der Waals surface area contributed by atoms with Gasteiger partial charge in [0.25, 0.3) is 0 Å². The fraction of sp³-hybridized carbons (Fsp3) is 0.312. The first-order valence-electron chi connectivity index (χ1n) is 6.97. The van der Waals surface area contributed by atoms with E-state index in [4.69, 9.17) is 4.74 Å². The first-order valence-corrected chi connectivity index (χ1v) is 7.95. The number of hydrogen-bond acceptors (Lipinski definition) is 5. The fourth-order valence-corrected chi connectivity index (χ4v) is 3.31. The molecule has 3 aromatic rings. The number of ether oxygens (including phenoxy) is 1. The van der Waals surface area contributed by atoms with Crippen molar-refractivity contribution in [3.8, 4) is 0 Å². The third kappa shape index (κ3) is 2.33. The van der Waals surface area contributed by atoms with Crippen LogP contribution in [-0.2, 0) is 9.53 Å². The number of thioether (sulfide) groups is 1. The summed E-state index contributed by atoms with van der Waals surface area (Å²) < 4.78 is 6.74. The van der Waals surface area contributed by atoms with Crippen LogP contribution in [0.4, 0.5) is 0 Å². The second kappa shape index (κ2) is 5.61. The molecule has 0 saturated carbocycles. The summed E-state index contributed by atoms with van der Waals surface area (Å²) >= 11 is 1.34. The molecule has 0 amide bonds. The van der Waals surface area contributed by atoms with E-state index in [1.54, 1.807) is 0 Å². The van der Waals surface area contributed by atoms with Crippen LogP contribution in [0.25, 0.3) is 16.6 Å². The van der Waals surface area contributed by atoms with Crippen LogP contribution in [0.3, 0.4) is 0 Å². The van der Waals surface area contributed by atoms with Crippen LogP contribution >= 0.6 is 11.8 Å². The average molecular weight is 315 g/mol. The second-order valence-corrected chi connectivity index (χ2v) is 6.22. The molecule has 1 aromatic carbocycles. The lowest BCUT2D eigenvalue weighted by atomic mass is 10.0. The molecule has 0 aliphatic heterocycles. The van der Waals surface area contributed by atoms with E-state index in [1.807, 2.05) is 11.3 Å².